The van der Waals surface area contributed by atoms with Crippen LogP contribution in [0, 0.1) is 16.7 Å². The largest absolute Gasteiger partial charge is 0.458 e. The van der Waals surface area contributed by atoms with E-state index >= 15 is 0 Å². The molecular formula is C23H28NO2+. The average Bonchev–Trinajstić information content (AvgIpc) is 2.96. The number of esters is 1. The number of carbonyl (C=O) groups excluding carboxylic acids is 1. The van der Waals surface area contributed by atoms with E-state index in [0.29, 0.717) is 11.5 Å². The molecule has 4 rings (SSSR count). The molecule has 2 saturated carbocycles. The summed E-state index contributed by atoms with van der Waals surface area (Å²) in [5.74, 6) is 0.478. The zero-order valence-corrected chi connectivity index (χ0v) is 15.9. The quantitative estimate of drug-likeness (QED) is 0.604. The normalized spacial score (nSPS) is 28.9. The van der Waals surface area contributed by atoms with Gasteiger partial charge in [-0.3, -0.25) is 0 Å². The van der Waals surface area contributed by atoms with Gasteiger partial charge in [0.2, 0.25) is 0 Å². The van der Waals surface area contributed by atoms with E-state index in [2.05, 4.69) is 32.9 Å². The number of nitrogens with zero attached hydrogens (tertiary/aromatic N) is 1. The van der Waals surface area contributed by atoms with Crippen LogP contribution in [0.15, 0.2) is 54.9 Å². The second-order valence-corrected chi connectivity index (χ2v) is 8.75. The number of pyridine rings is 1. The summed E-state index contributed by atoms with van der Waals surface area (Å²) in [5, 5.41) is 0. The van der Waals surface area contributed by atoms with Gasteiger partial charge in [0.15, 0.2) is 18.9 Å². The standard InChI is InChI=1S/C23H28NO2/c1-22(2)19-11-12-23(22,3)20(14-19)26-21(25)18-10-7-13-24(16-18)15-17-8-5-4-6-9-17/h4-10,13,16,19-20H,11-12,14-15H2,1-3H3/q+1/t19-,20-,23+/m0/s1. The van der Waals surface area contributed by atoms with Crippen LogP contribution in [0.25, 0.3) is 0 Å². The molecule has 3 atom stereocenters. The van der Waals surface area contributed by atoms with Crippen LogP contribution < -0.4 is 4.57 Å². The molecule has 2 bridgehead atoms. The van der Waals surface area contributed by atoms with Crippen molar-refractivity contribution >= 4 is 5.97 Å². The third-order valence-corrected chi connectivity index (χ3v) is 7.27. The Morgan fingerprint density at radius 1 is 1.15 bits per heavy atom. The van der Waals surface area contributed by atoms with E-state index in [9.17, 15) is 4.79 Å². The summed E-state index contributed by atoms with van der Waals surface area (Å²) < 4.78 is 8.06. The maximum Gasteiger partial charge on any atom is 0.344 e. The number of benzene rings is 1. The van der Waals surface area contributed by atoms with Gasteiger partial charge in [-0.2, -0.15) is 4.57 Å². The Kier molecular flexibility index (Phi) is 4.13. The fraction of sp³-hybridized carbons (Fsp3) is 0.478. The molecule has 0 saturated heterocycles. The predicted octanol–water partition coefficient (Wildman–Crippen LogP) is 4.39. The van der Waals surface area contributed by atoms with Crippen LogP contribution in [0.5, 0.6) is 0 Å². The van der Waals surface area contributed by atoms with Crippen molar-refractivity contribution in [2.75, 3.05) is 0 Å². The fourth-order valence-electron chi connectivity index (χ4n) is 5.04. The minimum atomic E-state index is -0.193. The van der Waals surface area contributed by atoms with Crippen molar-refractivity contribution in [3.05, 3.63) is 66.0 Å². The summed E-state index contributed by atoms with van der Waals surface area (Å²) >= 11 is 0. The molecule has 2 aliphatic carbocycles. The average molecular weight is 350 g/mol. The lowest BCUT2D eigenvalue weighted by Crippen LogP contribution is -2.39. The Hall–Kier alpha value is -2.16. The second-order valence-electron chi connectivity index (χ2n) is 8.75. The molecule has 26 heavy (non-hydrogen) atoms. The van der Waals surface area contributed by atoms with Crippen LogP contribution in [0.2, 0.25) is 0 Å². The number of rotatable bonds is 4. The van der Waals surface area contributed by atoms with Gasteiger partial charge in [-0.05, 0) is 36.7 Å². The van der Waals surface area contributed by atoms with Crippen LogP contribution in [0.4, 0.5) is 0 Å². The monoisotopic (exact) mass is 350 g/mol. The van der Waals surface area contributed by atoms with Gasteiger partial charge in [-0.15, -0.1) is 0 Å². The Morgan fingerprint density at radius 3 is 2.58 bits per heavy atom. The lowest BCUT2D eigenvalue weighted by atomic mass is 9.70. The molecule has 0 amide bonds. The van der Waals surface area contributed by atoms with E-state index in [-0.39, 0.29) is 22.9 Å². The molecule has 2 aromatic rings. The molecule has 1 heterocycles. The Labute approximate surface area is 156 Å². The number of aromatic nitrogens is 1. The molecule has 2 aliphatic rings. The summed E-state index contributed by atoms with van der Waals surface area (Å²) in [6.45, 7) is 7.74. The van der Waals surface area contributed by atoms with E-state index in [0.717, 1.165) is 19.4 Å². The smallest absolute Gasteiger partial charge is 0.344 e. The lowest BCUT2D eigenvalue weighted by Gasteiger charge is -2.38. The van der Waals surface area contributed by atoms with Gasteiger partial charge in [-0.25, -0.2) is 4.79 Å². The topological polar surface area (TPSA) is 30.2 Å². The van der Waals surface area contributed by atoms with E-state index in [1.165, 1.54) is 12.0 Å². The molecule has 1 aromatic heterocycles. The van der Waals surface area contributed by atoms with Crippen molar-refractivity contribution in [1.29, 1.82) is 0 Å². The minimum absolute atomic E-state index is 0.0338. The first-order chi connectivity index (χ1) is 12.4. The Bertz CT molecular complexity index is 814. The molecule has 1 aromatic carbocycles. The molecule has 3 heteroatoms. The summed E-state index contributed by atoms with van der Waals surface area (Å²) in [4.78, 5) is 12.8. The molecule has 2 fully saturated rings. The van der Waals surface area contributed by atoms with E-state index in [4.69, 9.17) is 4.74 Å². The van der Waals surface area contributed by atoms with Gasteiger partial charge < -0.3 is 4.74 Å². The highest BCUT2D eigenvalue weighted by Gasteiger charge is 2.62. The molecule has 0 spiro atoms. The van der Waals surface area contributed by atoms with Gasteiger partial charge in [-0.1, -0.05) is 51.1 Å². The highest BCUT2D eigenvalue weighted by atomic mass is 16.5. The van der Waals surface area contributed by atoms with Crippen molar-refractivity contribution < 1.29 is 14.1 Å². The van der Waals surface area contributed by atoms with E-state index < -0.39 is 0 Å². The zero-order chi connectivity index (χ0) is 18.4. The van der Waals surface area contributed by atoms with E-state index in [1.54, 1.807) is 0 Å². The first-order valence-corrected chi connectivity index (χ1v) is 9.64. The third kappa shape index (κ3) is 2.74. The van der Waals surface area contributed by atoms with Gasteiger partial charge >= 0.3 is 5.97 Å². The maximum absolute atomic E-state index is 12.8. The van der Waals surface area contributed by atoms with Gasteiger partial charge in [0.05, 0.1) is 0 Å². The van der Waals surface area contributed by atoms with Crippen molar-refractivity contribution in [2.24, 2.45) is 16.7 Å². The Balaban J connectivity index is 1.48. The van der Waals surface area contributed by atoms with Crippen LogP contribution in [-0.2, 0) is 11.3 Å². The number of carbonyl (C=O) groups is 1. The maximum atomic E-state index is 12.8. The van der Waals surface area contributed by atoms with Crippen LogP contribution >= 0.6 is 0 Å². The van der Waals surface area contributed by atoms with Crippen LogP contribution in [0.1, 0.15) is 56.0 Å². The summed E-state index contributed by atoms with van der Waals surface area (Å²) in [7, 11) is 0. The van der Waals surface area contributed by atoms with Crippen molar-refractivity contribution in [2.45, 2.75) is 52.7 Å². The molecule has 136 valence electrons. The van der Waals surface area contributed by atoms with Gasteiger partial charge in [0.25, 0.3) is 0 Å². The molecular weight excluding hydrogens is 322 g/mol. The van der Waals surface area contributed by atoms with Crippen molar-refractivity contribution in [3.63, 3.8) is 0 Å². The highest BCUT2D eigenvalue weighted by Crippen LogP contribution is 2.66. The minimum Gasteiger partial charge on any atom is -0.458 e. The van der Waals surface area contributed by atoms with Crippen molar-refractivity contribution in [1.82, 2.24) is 0 Å². The van der Waals surface area contributed by atoms with Gasteiger partial charge in [0.1, 0.15) is 11.7 Å². The number of ether oxygens (including phenoxy) is 1. The van der Waals surface area contributed by atoms with Crippen LogP contribution in [-0.4, -0.2) is 12.1 Å². The first-order valence-electron chi connectivity index (χ1n) is 9.64. The third-order valence-electron chi connectivity index (χ3n) is 7.27. The van der Waals surface area contributed by atoms with E-state index in [1.807, 2.05) is 47.3 Å². The Morgan fingerprint density at radius 2 is 1.92 bits per heavy atom. The lowest BCUT2D eigenvalue weighted by molar-refractivity contribution is -0.688. The molecule has 0 N–H and O–H groups in total. The number of hydrogen-bond donors (Lipinski definition) is 0. The first kappa shape index (κ1) is 17.3. The number of hydrogen-bond acceptors (Lipinski definition) is 2. The molecule has 0 unspecified atom stereocenters. The summed E-state index contributed by atoms with van der Waals surface area (Å²) in [6.07, 6.45) is 7.35. The van der Waals surface area contributed by atoms with Crippen molar-refractivity contribution in [3.8, 4) is 0 Å². The second kappa shape index (κ2) is 6.22. The highest BCUT2D eigenvalue weighted by molar-refractivity contribution is 5.88. The zero-order valence-electron chi connectivity index (χ0n) is 15.9. The molecule has 0 radical (unpaired) electrons. The fourth-order valence-corrected chi connectivity index (χ4v) is 5.04. The number of fused-ring (bicyclic) bond motifs is 2. The van der Waals surface area contributed by atoms with Crippen LogP contribution in [0.3, 0.4) is 0 Å². The molecule has 3 nitrogen and oxygen atoms in total. The SMILES string of the molecule is CC1(C)[C@H]2CC[C@]1(C)[C@@H](OC(=O)c1ccc[n+](Cc3ccccc3)c1)C2. The molecule has 0 aliphatic heterocycles. The summed E-state index contributed by atoms with van der Waals surface area (Å²) in [6, 6.07) is 14.0. The van der Waals surface area contributed by atoms with Gasteiger partial charge in [0, 0.05) is 17.0 Å². The predicted molar refractivity (Wildman–Crippen MR) is 101 cm³/mol. The summed E-state index contributed by atoms with van der Waals surface area (Å²) in [5.41, 5.74) is 2.20.